The van der Waals surface area contributed by atoms with E-state index in [0.29, 0.717) is 0 Å². The first-order valence-electron chi connectivity index (χ1n) is 8.01. The van der Waals surface area contributed by atoms with Gasteiger partial charge >= 0.3 is 0 Å². The Morgan fingerprint density at radius 1 is 1.67 bits per heavy atom. The van der Waals surface area contributed by atoms with Gasteiger partial charge in [0.05, 0.1) is 14.7 Å². The summed E-state index contributed by atoms with van der Waals surface area (Å²) in [6.45, 7) is -2.60. The van der Waals surface area contributed by atoms with E-state index in [1.807, 2.05) is 5.92 Å². The molecule has 1 fully saturated rings. The van der Waals surface area contributed by atoms with Crippen LogP contribution in [0.3, 0.4) is 0 Å². The van der Waals surface area contributed by atoms with Crippen LogP contribution in [0.2, 0.25) is 0 Å². The van der Waals surface area contributed by atoms with Gasteiger partial charge in [-0.3, -0.25) is 4.79 Å². The fourth-order valence-corrected chi connectivity index (χ4v) is 2.73. The van der Waals surface area contributed by atoms with E-state index >= 15 is 0 Å². The largest absolute Gasteiger partial charge is 0.394 e. The standard InChI is InChI=1S/C15H16FN3O5/c1-8-17-12-9(13(22)18-8)3-6-19(12)14-15(23,4-2-5-16)11(21)10(7-20)24-14/h3,6,10-11,14,20-21,23H,5,7H2,1H3,(H,17,18,22)/t10-,11+,14-,15?/m1/s1/i7D2. The van der Waals surface area contributed by atoms with Gasteiger partial charge in [-0.25, -0.2) is 9.37 Å². The van der Waals surface area contributed by atoms with Crippen LogP contribution < -0.4 is 5.56 Å². The Balaban J connectivity index is 2.20. The highest BCUT2D eigenvalue weighted by molar-refractivity contribution is 5.75. The fraction of sp³-hybridized carbons (Fsp3) is 0.467. The van der Waals surface area contributed by atoms with Crippen LogP contribution in [0, 0.1) is 18.8 Å². The van der Waals surface area contributed by atoms with E-state index in [-0.39, 0.29) is 16.9 Å². The molecule has 0 aromatic carbocycles. The highest BCUT2D eigenvalue weighted by Gasteiger charge is 2.55. The number of halogens is 1. The Kier molecular flexibility index (Phi) is 3.53. The van der Waals surface area contributed by atoms with Gasteiger partial charge in [0.15, 0.2) is 11.8 Å². The topological polar surface area (TPSA) is 121 Å². The van der Waals surface area contributed by atoms with Crippen molar-refractivity contribution in [3.63, 3.8) is 0 Å². The summed E-state index contributed by atoms with van der Waals surface area (Å²) in [5.74, 6) is 4.39. The molecule has 1 aliphatic rings. The van der Waals surface area contributed by atoms with Gasteiger partial charge in [-0.1, -0.05) is 11.8 Å². The molecule has 0 bridgehead atoms. The minimum Gasteiger partial charge on any atom is -0.394 e. The average Bonchev–Trinajstić information content (AvgIpc) is 3.05. The van der Waals surface area contributed by atoms with Crippen molar-refractivity contribution in [3.8, 4) is 11.8 Å². The van der Waals surface area contributed by atoms with Gasteiger partial charge in [0, 0.05) is 6.20 Å². The van der Waals surface area contributed by atoms with Crippen LogP contribution in [0.1, 0.15) is 14.8 Å². The molecular weight excluding hydrogens is 321 g/mol. The van der Waals surface area contributed by atoms with Crippen molar-refractivity contribution in [1.82, 2.24) is 14.5 Å². The molecule has 0 amide bonds. The molecule has 2 aromatic heterocycles. The first kappa shape index (κ1) is 14.1. The predicted octanol–water partition coefficient (Wildman–Crippen LogP) is -1.01. The molecule has 1 saturated heterocycles. The Bertz CT molecular complexity index is 960. The molecular formula is C15H16FN3O5. The maximum Gasteiger partial charge on any atom is 0.260 e. The summed E-state index contributed by atoms with van der Waals surface area (Å²) in [4.78, 5) is 18.7. The van der Waals surface area contributed by atoms with E-state index in [4.69, 9.17) is 7.48 Å². The van der Waals surface area contributed by atoms with Crippen LogP contribution in [-0.4, -0.2) is 60.9 Å². The Labute approximate surface area is 138 Å². The molecule has 0 spiro atoms. The number of H-pyrrole nitrogens is 1. The number of nitrogens with zero attached hydrogens (tertiary/aromatic N) is 2. The van der Waals surface area contributed by atoms with Gasteiger partial charge in [-0.05, 0) is 13.0 Å². The van der Waals surface area contributed by atoms with Gasteiger partial charge in [0.2, 0.25) is 0 Å². The Morgan fingerprint density at radius 2 is 2.42 bits per heavy atom. The van der Waals surface area contributed by atoms with Crippen LogP contribution in [0.4, 0.5) is 4.39 Å². The summed E-state index contributed by atoms with van der Waals surface area (Å²) in [7, 11) is 0. The minimum absolute atomic E-state index is 0.0862. The summed E-state index contributed by atoms with van der Waals surface area (Å²) in [5, 5.41) is 30.9. The van der Waals surface area contributed by atoms with Crippen molar-refractivity contribution in [2.75, 3.05) is 13.2 Å². The first-order chi connectivity index (χ1) is 12.1. The predicted molar refractivity (Wildman–Crippen MR) is 80.8 cm³/mol. The van der Waals surface area contributed by atoms with Crippen molar-refractivity contribution in [2.24, 2.45) is 0 Å². The molecule has 8 nitrogen and oxygen atoms in total. The number of fused-ring (bicyclic) bond motifs is 1. The molecule has 9 heteroatoms. The number of rotatable bonds is 2. The van der Waals surface area contributed by atoms with Gasteiger partial charge in [0.25, 0.3) is 5.56 Å². The van der Waals surface area contributed by atoms with Gasteiger partial charge in [0.1, 0.15) is 30.4 Å². The lowest BCUT2D eigenvalue weighted by Gasteiger charge is -2.26. The van der Waals surface area contributed by atoms with Crippen LogP contribution >= 0.6 is 0 Å². The van der Waals surface area contributed by atoms with Crippen LogP contribution in [0.5, 0.6) is 0 Å². The van der Waals surface area contributed by atoms with E-state index in [2.05, 4.69) is 15.9 Å². The molecule has 4 N–H and O–H groups in total. The second-order valence-corrected chi connectivity index (χ2v) is 5.36. The van der Waals surface area contributed by atoms with E-state index in [1.165, 1.54) is 23.8 Å². The summed E-state index contributed by atoms with van der Waals surface area (Å²) in [6.07, 6.45) is -4.07. The lowest BCUT2D eigenvalue weighted by atomic mass is 9.94. The number of hydrogen-bond donors (Lipinski definition) is 4. The summed E-state index contributed by atoms with van der Waals surface area (Å²) in [6, 6.07) is 1.39. The highest BCUT2D eigenvalue weighted by Crippen LogP contribution is 2.39. The Morgan fingerprint density at radius 3 is 3.08 bits per heavy atom. The number of hydrogen-bond acceptors (Lipinski definition) is 6. The summed E-state index contributed by atoms with van der Waals surface area (Å²) in [5.41, 5.74) is -2.81. The molecule has 3 rings (SSSR count). The maximum absolute atomic E-state index is 12.5. The second-order valence-electron chi connectivity index (χ2n) is 5.36. The minimum atomic E-state index is -3.01. The number of aromatic nitrogens is 3. The van der Waals surface area contributed by atoms with E-state index in [9.17, 15) is 24.5 Å². The zero-order valence-electron chi connectivity index (χ0n) is 14.5. The van der Waals surface area contributed by atoms with Crippen LogP contribution in [0.15, 0.2) is 17.1 Å². The Hall–Kier alpha value is -2.25. The lowest BCUT2D eigenvalue weighted by Crippen LogP contribution is -2.46. The molecule has 0 saturated carbocycles. The van der Waals surface area contributed by atoms with Crippen molar-refractivity contribution < 1.29 is 27.2 Å². The van der Waals surface area contributed by atoms with Crippen molar-refractivity contribution >= 4 is 11.0 Å². The third kappa shape index (κ3) is 2.40. The molecule has 4 atom stereocenters. The summed E-state index contributed by atoms with van der Waals surface area (Å²) < 4.78 is 33.8. The molecule has 1 unspecified atom stereocenters. The van der Waals surface area contributed by atoms with E-state index in [1.54, 1.807) is 0 Å². The first-order valence-corrected chi connectivity index (χ1v) is 7.01. The van der Waals surface area contributed by atoms with Gasteiger partial charge in [-0.15, -0.1) is 0 Å². The number of ether oxygens (including phenoxy) is 1. The second kappa shape index (κ2) is 5.99. The zero-order chi connectivity index (χ0) is 19.3. The SMILES string of the molecule is [2H]C([2H])(O)[C@H]1O[C@@H](n2ccc3c(=O)[nH]c(C)nc32)C(O)(C#CCF)[C@H]1O. The monoisotopic (exact) mass is 339 g/mol. The van der Waals surface area contributed by atoms with E-state index < -0.39 is 42.8 Å². The molecule has 0 aliphatic carbocycles. The molecule has 2 aromatic rings. The quantitative estimate of drug-likeness (QED) is 0.520. The number of aliphatic hydroxyl groups excluding tert-OH is 1. The lowest BCUT2D eigenvalue weighted by molar-refractivity contribution is -0.0719. The smallest absolute Gasteiger partial charge is 0.260 e. The fourth-order valence-electron chi connectivity index (χ4n) is 2.73. The molecule has 1 aliphatic heterocycles. The number of alkyl halides is 1. The number of nitrogens with one attached hydrogen (secondary N) is 1. The molecule has 128 valence electrons. The van der Waals surface area contributed by atoms with Gasteiger partial charge in [-0.2, -0.15) is 0 Å². The number of aryl methyl sites for hydroxylation is 1. The van der Waals surface area contributed by atoms with Crippen molar-refractivity contribution in [2.45, 2.75) is 31.0 Å². The third-order valence-electron chi connectivity index (χ3n) is 3.82. The van der Waals surface area contributed by atoms with Crippen molar-refractivity contribution in [3.05, 3.63) is 28.4 Å². The highest BCUT2D eigenvalue weighted by atomic mass is 19.1. The van der Waals surface area contributed by atoms with Crippen LogP contribution in [-0.2, 0) is 4.74 Å². The van der Waals surface area contributed by atoms with Crippen molar-refractivity contribution in [1.29, 1.82) is 0 Å². The zero-order valence-corrected chi connectivity index (χ0v) is 12.5. The normalized spacial score (nSPS) is 31.5. The van der Waals surface area contributed by atoms with E-state index in [0.717, 1.165) is 0 Å². The van der Waals surface area contributed by atoms with Gasteiger partial charge < -0.3 is 29.6 Å². The van der Waals surface area contributed by atoms with Crippen LogP contribution in [0.25, 0.3) is 11.0 Å². The molecule has 0 radical (unpaired) electrons. The average molecular weight is 339 g/mol. The summed E-state index contributed by atoms with van der Waals surface area (Å²) >= 11 is 0. The third-order valence-corrected chi connectivity index (χ3v) is 3.82. The molecule has 24 heavy (non-hydrogen) atoms. The molecule has 3 heterocycles. The maximum atomic E-state index is 12.5. The number of aromatic amines is 1. The number of aliphatic hydroxyl groups is 3.